The summed E-state index contributed by atoms with van der Waals surface area (Å²) in [6.07, 6.45) is 2.11. The number of hydrogen-bond donors (Lipinski definition) is 0. The van der Waals surface area contributed by atoms with Crippen LogP contribution in [0.2, 0.25) is 0 Å². The summed E-state index contributed by atoms with van der Waals surface area (Å²) >= 11 is 0. The van der Waals surface area contributed by atoms with E-state index in [4.69, 9.17) is 5.53 Å². The van der Waals surface area contributed by atoms with Crippen LogP contribution >= 0.6 is 0 Å². The summed E-state index contributed by atoms with van der Waals surface area (Å²) in [4.78, 5) is 2.91. The van der Waals surface area contributed by atoms with E-state index < -0.39 is 0 Å². The maximum Gasteiger partial charge on any atom is 0.0525 e. The first-order valence-corrected chi connectivity index (χ1v) is 7.30. The van der Waals surface area contributed by atoms with Crippen LogP contribution in [0.15, 0.2) is 35.6 Å². The minimum Gasteiger partial charge on any atom is -0.347 e. The predicted octanol–water partition coefficient (Wildman–Crippen LogP) is 4.80. The Morgan fingerprint density at radius 2 is 2.05 bits per heavy atom. The molecule has 1 heterocycles. The van der Waals surface area contributed by atoms with Crippen molar-refractivity contribution in [2.45, 2.75) is 45.7 Å². The van der Waals surface area contributed by atoms with E-state index in [0.717, 1.165) is 0 Å². The number of aromatic nitrogens is 1. The Bertz CT molecular complexity index is 748. The molecule has 21 heavy (non-hydrogen) atoms. The molecule has 3 rings (SSSR count). The summed E-state index contributed by atoms with van der Waals surface area (Å²) in [7, 11) is 0. The van der Waals surface area contributed by atoms with Gasteiger partial charge in [-0.3, -0.25) is 0 Å². The second-order valence-electron chi connectivity index (χ2n) is 6.46. The monoisotopic (exact) mass is 280 g/mol. The van der Waals surface area contributed by atoms with Gasteiger partial charge in [0.2, 0.25) is 0 Å². The third-order valence-electron chi connectivity index (χ3n) is 4.45. The maximum atomic E-state index is 8.59. The van der Waals surface area contributed by atoms with E-state index in [1.807, 2.05) is 6.92 Å². The van der Waals surface area contributed by atoms with Crippen LogP contribution in [-0.2, 0) is 12.0 Å². The maximum absolute atomic E-state index is 8.59. The summed E-state index contributed by atoms with van der Waals surface area (Å²) < 4.78 is 2.22. The molecule has 4 heteroatoms. The topological polar surface area (TPSA) is 53.7 Å². The predicted molar refractivity (Wildman–Crippen MR) is 85.3 cm³/mol. The van der Waals surface area contributed by atoms with Crippen LogP contribution in [0.5, 0.6) is 0 Å². The molecular weight excluding hydrogens is 260 g/mol. The van der Waals surface area contributed by atoms with Gasteiger partial charge < -0.3 is 4.57 Å². The van der Waals surface area contributed by atoms with Crippen molar-refractivity contribution in [3.63, 3.8) is 0 Å². The van der Waals surface area contributed by atoms with E-state index >= 15 is 0 Å². The third kappa shape index (κ3) is 2.03. The molecule has 1 aliphatic rings. The van der Waals surface area contributed by atoms with E-state index in [0.29, 0.717) is 6.54 Å². The Hall–Kier alpha value is -2.19. The number of nitrogens with zero attached hydrogens (tertiary/aromatic N) is 4. The van der Waals surface area contributed by atoms with Crippen molar-refractivity contribution in [2.75, 3.05) is 0 Å². The van der Waals surface area contributed by atoms with Gasteiger partial charge in [0.1, 0.15) is 0 Å². The van der Waals surface area contributed by atoms with Crippen molar-refractivity contribution in [3.05, 3.63) is 57.6 Å². The van der Waals surface area contributed by atoms with Crippen LogP contribution in [0.25, 0.3) is 21.7 Å². The molecular formula is C17H20N4. The molecule has 1 aromatic heterocycles. The van der Waals surface area contributed by atoms with Crippen molar-refractivity contribution in [2.24, 2.45) is 5.11 Å². The number of rotatable bonds is 3. The lowest BCUT2D eigenvalue weighted by Crippen LogP contribution is -2.14. The average molecular weight is 280 g/mol. The highest BCUT2D eigenvalue weighted by molar-refractivity contribution is 5.79. The third-order valence-corrected chi connectivity index (χ3v) is 4.45. The van der Waals surface area contributed by atoms with Crippen LogP contribution in [0, 0.1) is 6.92 Å². The van der Waals surface area contributed by atoms with Gasteiger partial charge in [-0.25, -0.2) is 0 Å². The molecule has 0 bridgehead atoms. The Morgan fingerprint density at radius 1 is 1.29 bits per heavy atom. The summed E-state index contributed by atoms with van der Waals surface area (Å²) in [6.45, 7) is 9.33. The molecule has 1 aromatic carbocycles. The van der Waals surface area contributed by atoms with Crippen molar-refractivity contribution in [1.29, 1.82) is 0 Å². The smallest absolute Gasteiger partial charge is 0.0525 e. The zero-order valence-electron chi connectivity index (χ0n) is 13.0. The highest BCUT2D eigenvalue weighted by Crippen LogP contribution is 2.49. The van der Waals surface area contributed by atoms with E-state index in [1.165, 1.54) is 27.9 Å². The SMILES string of the molecule is Cc1ccc2c(c1)-c1c(ccn1CC(C)N=[N+]=[N-])C2(C)C. The fraction of sp³-hybridized carbons (Fsp3) is 0.412. The van der Waals surface area contributed by atoms with Gasteiger partial charge in [-0.1, -0.05) is 43.6 Å². The second kappa shape index (κ2) is 4.68. The summed E-state index contributed by atoms with van der Waals surface area (Å²) in [5.74, 6) is 0. The zero-order valence-corrected chi connectivity index (χ0v) is 13.0. The number of aryl methyl sites for hydroxylation is 1. The fourth-order valence-electron chi connectivity index (χ4n) is 3.38. The Balaban J connectivity index is 2.15. The number of hydrogen-bond acceptors (Lipinski definition) is 1. The second-order valence-corrected chi connectivity index (χ2v) is 6.46. The molecule has 0 fully saturated rings. The fourth-order valence-corrected chi connectivity index (χ4v) is 3.38. The molecule has 108 valence electrons. The molecule has 0 radical (unpaired) electrons. The van der Waals surface area contributed by atoms with Gasteiger partial charge >= 0.3 is 0 Å². The normalized spacial score (nSPS) is 16.0. The number of benzene rings is 1. The summed E-state index contributed by atoms with van der Waals surface area (Å²) in [5, 5.41) is 3.79. The molecule has 4 nitrogen and oxygen atoms in total. The minimum absolute atomic E-state index is 0.0331. The summed E-state index contributed by atoms with van der Waals surface area (Å²) in [5.41, 5.74) is 15.2. The molecule has 2 aromatic rings. The van der Waals surface area contributed by atoms with Gasteiger partial charge in [0, 0.05) is 28.6 Å². The molecule has 0 saturated carbocycles. The highest BCUT2D eigenvalue weighted by atomic mass is 15.2. The lowest BCUT2D eigenvalue weighted by atomic mass is 9.83. The molecule has 1 atom stereocenters. The molecule has 0 saturated heterocycles. The van der Waals surface area contributed by atoms with Crippen LogP contribution in [0.1, 0.15) is 37.5 Å². The Kier molecular flexibility index (Phi) is 3.07. The largest absolute Gasteiger partial charge is 0.347 e. The van der Waals surface area contributed by atoms with Gasteiger partial charge in [0.05, 0.1) is 11.7 Å². The first-order valence-electron chi connectivity index (χ1n) is 7.30. The van der Waals surface area contributed by atoms with E-state index in [9.17, 15) is 0 Å². The summed E-state index contributed by atoms with van der Waals surface area (Å²) in [6, 6.07) is 8.83. The van der Waals surface area contributed by atoms with Crippen LogP contribution in [0.3, 0.4) is 0 Å². The highest BCUT2D eigenvalue weighted by Gasteiger charge is 2.37. The molecule has 0 spiro atoms. The van der Waals surface area contributed by atoms with E-state index in [2.05, 4.69) is 65.8 Å². The first kappa shape index (κ1) is 13.8. The van der Waals surface area contributed by atoms with Crippen molar-refractivity contribution >= 4 is 0 Å². The van der Waals surface area contributed by atoms with Crippen LogP contribution in [0.4, 0.5) is 0 Å². The van der Waals surface area contributed by atoms with Crippen LogP contribution < -0.4 is 0 Å². The van der Waals surface area contributed by atoms with Crippen molar-refractivity contribution in [1.82, 2.24) is 4.57 Å². The van der Waals surface area contributed by atoms with Gasteiger partial charge in [0.15, 0.2) is 0 Å². The van der Waals surface area contributed by atoms with E-state index in [-0.39, 0.29) is 11.5 Å². The Labute approximate surface area is 125 Å². The minimum atomic E-state index is -0.0523. The van der Waals surface area contributed by atoms with Gasteiger partial charge in [-0.05, 0) is 35.7 Å². The van der Waals surface area contributed by atoms with E-state index in [1.54, 1.807) is 0 Å². The molecule has 0 amide bonds. The van der Waals surface area contributed by atoms with Crippen molar-refractivity contribution in [3.8, 4) is 11.3 Å². The molecule has 0 aliphatic heterocycles. The number of fused-ring (bicyclic) bond motifs is 3. The molecule has 0 N–H and O–H groups in total. The Morgan fingerprint density at radius 3 is 2.76 bits per heavy atom. The van der Waals surface area contributed by atoms with Gasteiger partial charge in [0.25, 0.3) is 0 Å². The lowest BCUT2D eigenvalue weighted by Gasteiger charge is -2.20. The molecule has 1 aliphatic carbocycles. The zero-order chi connectivity index (χ0) is 15.2. The standard InChI is InChI=1S/C17H20N4/c1-11-5-6-14-13(9-11)16-15(17(14,3)4)7-8-21(16)10-12(2)19-20-18/h5-9,12H,10H2,1-4H3. The van der Waals surface area contributed by atoms with Crippen molar-refractivity contribution < 1.29 is 0 Å². The van der Waals surface area contributed by atoms with Crippen LogP contribution in [-0.4, -0.2) is 10.6 Å². The average Bonchev–Trinajstić information content (AvgIpc) is 2.90. The molecule has 1 unspecified atom stereocenters. The number of azide groups is 1. The quantitative estimate of drug-likeness (QED) is 0.440. The van der Waals surface area contributed by atoms with Gasteiger partial charge in [-0.2, -0.15) is 0 Å². The lowest BCUT2D eigenvalue weighted by molar-refractivity contribution is 0.592. The van der Waals surface area contributed by atoms with Gasteiger partial charge in [-0.15, -0.1) is 0 Å². The first-order chi connectivity index (χ1) is 9.95.